The number of hydrogen-bond donors (Lipinski definition) is 1. The molecule has 0 unspecified atom stereocenters. The van der Waals surface area contributed by atoms with E-state index in [1.54, 1.807) is 29.8 Å². The number of hydrogen-bond acceptors (Lipinski definition) is 4. The summed E-state index contributed by atoms with van der Waals surface area (Å²) in [6, 6.07) is 6.50. The number of fused-ring (bicyclic) bond motifs is 1. The van der Waals surface area contributed by atoms with Crippen LogP contribution in [0.4, 0.5) is 10.3 Å². The lowest BCUT2D eigenvalue weighted by molar-refractivity contribution is 0.352. The summed E-state index contributed by atoms with van der Waals surface area (Å²) in [5.74, 6) is 1.22. The SMILES string of the molecule is C[C@@H]1C[C@H](C)CN(c2nc3c(c(=O)[nH]c(=O)n3C)n2Cc2ccccc2F)C1. The number of piperidine rings is 1. The van der Waals surface area contributed by atoms with E-state index in [9.17, 15) is 14.0 Å². The molecular weight excluding hydrogens is 361 g/mol. The summed E-state index contributed by atoms with van der Waals surface area (Å²) in [6.45, 7) is 6.15. The molecule has 2 aromatic heterocycles. The smallest absolute Gasteiger partial charge is 0.329 e. The molecule has 3 aromatic rings. The minimum Gasteiger partial charge on any atom is -0.342 e. The van der Waals surface area contributed by atoms with Crippen molar-refractivity contribution >= 4 is 17.1 Å². The minimum atomic E-state index is -0.514. The number of halogens is 1. The molecule has 1 aromatic carbocycles. The number of imidazole rings is 1. The fraction of sp³-hybridized carbons (Fsp3) is 0.450. The molecule has 1 aliphatic heterocycles. The van der Waals surface area contributed by atoms with E-state index in [1.165, 1.54) is 10.6 Å². The molecule has 28 heavy (non-hydrogen) atoms. The average Bonchev–Trinajstić information content (AvgIpc) is 3.01. The maximum absolute atomic E-state index is 14.3. The van der Waals surface area contributed by atoms with Gasteiger partial charge in [-0.3, -0.25) is 18.9 Å². The van der Waals surface area contributed by atoms with Crippen molar-refractivity contribution < 1.29 is 4.39 Å². The lowest BCUT2D eigenvalue weighted by atomic mass is 9.92. The number of aromatic nitrogens is 4. The Labute approximate surface area is 161 Å². The van der Waals surface area contributed by atoms with Crippen LogP contribution in [0.15, 0.2) is 33.9 Å². The summed E-state index contributed by atoms with van der Waals surface area (Å²) >= 11 is 0. The first-order valence-electron chi connectivity index (χ1n) is 9.53. The van der Waals surface area contributed by atoms with Gasteiger partial charge in [-0.05, 0) is 24.3 Å². The minimum absolute atomic E-state index is 0.166. The Bertz CT molecular complexity index is 1140. The fourth-order valence-corrected chi connectivity index (χ4v) is 4.24. The number of anilines is 1. The van der Waals surface area contributed by atoms with Gasteiger partial charge in [0.2, 0.25) is 5.95 Å². The van der Waals surface area contributed by atoms with Crippen molar-refractivity contribution in [3.63, 3.8) is 0 Å². The van der Waals surface area contributed by atoms with Crippen LogP contribution in [0.25, 0.3) is 11.2 Å². The average molecular weight is 385 g/mol. The molecule has 0 radical (unpaired) electrons. The van der Waals surface area contributed by atoms with Gasteiger partial charge in [0, 0.05) is 25.7 Å². The number of H-pyrrole nitrogens is 1. The highest BCUT2D eigenvalue weighted by molar-refractivity contribution is 5.74. The summed E-state index contributed by atoms with van der Waals surface area (Å²) in [4.78, 5) is 33.8. The monoisotopic (exact) mass is 385 g/mol. The zero-order chi connectivity index (χ0) is 20.0. The zero-order valence-electron chi connectivity index (χ0n) is 16.3. The van der Waals surface area contributed by atoms with Crippen molar-refractivity contribution in [3.05, 3.63) is 56.5 Å². The van der Waals surface area contributed by atoms with Crippen LogP contribution < -0.4 is 16.1 Å². The first-order valence-corrected chi connectivity index (χ1v) is 9.53. The lowest BCUT2D eigenvalue weighted by Gasteiger charge is -2.35. The highest BCUT2D eigenvalue weighted by Crippen LogP contribution is 2.28. The van der Waals surface area contributed by atoms with Gasteiger partial charge in [-0.25, -0.2) is 9.18 Å². The number of benzene rings is 1. The summed E-state index contributed by atoms with van der Waals surface area (Å²) in [5, 5.41) is 0. The Morgan fingerprint density at radius 3 is 2.54 bits per heavy atom. The van der Waals surface area contributed by atoms with Crippen LogP contribution in [-0.2, 0) is 13.6 Å². The van der Waals surface area contributed by atoms with E-state index in [4.69, 9.17) is 0 Å². The fourth-order valence-electron chi connectivity index (χ4n) is 4.24. The summed E-state index contributed by atoms with van der Waals surface area (Å²) < 4.78 is 17.4. The molecule has 0 spiro atoms. The van der Waals surface area contributed by atoms with Gasteiger partial charge < -0.3 is 4.90 Å². The first kappa shape index (κ1) is 18.5. The van der Waals surface area contributed by atoms with E-state index in [1.807, 2.05) is 0 Å². The van der Waals surface area contributed by atoms with Gasteiger partial charge >= 0.3 is 5.69 Å². The summed E-state index contributed by atoms with van der Waals surface area (Å²) in [7, 11) is 1.58. The molecule has 2 atom stereocenters. The summed E-state index contributed by atoms with van der Waals surface area (Å²) in [5.41, 5.74) is 0.0397. The second kappa shape index (κ2) is 6.92. The van der Waals surface area contributed by atoms with Crippen LogP contribution in [0.3, 0.4) is 0 Å². The van der Waals surface area contributed by atoms with E-state index in [0.717, 1.165) is 19.5 Å². The van der Waals surface area contributed by atoms with Gasteiger partial charge in [0.1, 0.15) is 5.82 Å². The highest BCUT2D eigenvalue weighted by Gasteiger charge is 2.28. The Hall–Kier alpha value is -2.90. The van der Waals surface area contributed by atoms with Crippen molar-refractivity contribution in [1.82, 2.24) is 19.1 Å². The zero-order valence-corrected chi connectivity index (χ0v) is 16.3. The van der Waals surface area contributed by atoms with Gasteiger partial charge in [0.25, 0.3) is 5.56 Å². The second-order valence-corrected chi connectivity index (χ2v) is 7.93. The van der Waals surface area contributed by atoms with E-state index < -0.39 is 11.2 Å². The predicted molar refractivity (Wildman–Crippen MR) is 106 cm³/mol. The number of nitrogens with one attached hydrogen (secondary N) is 1. The van der Waals surface area contributed by atoms with Crippen molar-refractivity contribution in [1.29, 1.82) is 0 Å². The number of nitrogens with zero attached hydrogens (tertiary/aromatic N) is 4. The standard InChI is InChI=1S/C20H24FN5O2/c1-12-8-13(2)10-25(9-12)19-22-17-16(18(27)23-20(28)24(17)3)26(19)11-14-6-4-5-7-15(14)21/h4-7,12-13H,8-11H2,1-3H3,(H,23,27,28)/t12-,13+. The molecule has 148 valence electrons. The molecule has 0 saturated carbocycles. The summed E-state index contributed by atoms with van der Waals surface area (Å²) in [6.07, 6.45) is 1.13. The Kier molecular flexibility index (Phi) is 4.56. The molecule has 0 amide bonds. The van der Waals surface area contributed by atoms with Crippen molar-refractivity contribution in [2.45, 2.75) is 26.8 Å². The van der Waals surface area contributed by atoms with Gasteiger partial charge in [-0.2, -0.15) is 4.98 Å². The van der Waals surface area contributed by atoms with Crippen LogP contribution >= 0.6 is 0 Å². The molecule has 4 rings (SSSR count). The van der Waals surface area contributed by atoms with Crippen molar-refractivity contribution in [2.75, 3.05) is 18.0 Å². The van der Waals surface area contributed by atoms with Gasteiger partial charge in [0.15, 0.2) is 11.2 Å². The Morgan fingerprint density at radius 1 is 1.18 bits per heavy atom. The van der Waals surface area contributed by atoms with Crippen LogP contribution in [0.2, 0.25) is 0 Å². The molecule has 1 N–H and O–H groups in total. The second-order valence-electron chi connectivity index (χ2n) is 7.93. The van der Waals surface area contributed by atoms with E-state index >= 15 is 0 Å². The van der Waals surface area contributed by atoms with Crippen LogP contribution in [0.1, 0.15) is 25.8 Å². The van der Waals surface area contributed by atoms with Crippen LogP contribution in [0, 0.1) is 17.7 Å². The van der Waals surface area contributed by atoms with Gasteiger partial charge in [-0.1, -0.05) is 32.0 Å². The topological polar surface area (TPSA) is 75.9 Å². The third-order valence-electron chi connectivity index (χ3n) is 5.42. The molecule has 1 aliphatic rings. The van der Waals surface area contributed by atoms with Crippen LogP contribution in [0.5, 0.6) is 0 Å². The highest BCUT2D eigenvalue weighted by atomic mass is 19.1. The molecule has 0 aliphatic carbocycles. The van der Waals surface area contributed by atoms with E-state index in [2.05, 4.69) is 28.7 Å². The molecule has 1 saturated heterocycles. The number of aromatic amines is 1. The molecular formula is C20H24FN5O2. The lowest BCUT2D eigenvalue weighted by Crippen LogP contribution is -2.40. The largest absolute Gasteiger partial charge is 0.342 e. The predicted octanol–water partition coefficient (Wildman–Crippen LogP) is 2.09. The van der Waals surface area contributed by atoms with Crippen molar-refractivity contribution in [2.24, 2.45) is 18.9 Å². The molecule has 8 heteroatoms. The first-order chi connectivity index (χ1) is 13.3. The molecule has 7 nitrogen and oxygen atoms in total. The van der Waals surface area contributed by atoms with E-state index in [-0.39, 0.29) is 17.9 Å². The normalized spacial score (nSPS) is 20.1. The maximum atomic E-state index is 14.3. The van der Waals surface area contributed by atoms with Crippen LogP contribution in [-0.4, -0.2) is 32.2 Å². The van der Waals surface area contributed by atoms with Crippen molar-refractivity contribution in [3.8, 4) is 0 Å². The van der Waals surface area contributed by atoms with Gasteiger partial charge in [-0.15, -0.1) is 0 Å². The molecule has 1 fully saturated rings. The van der Waals surface area contributed by atoms with Gasteiger partial charge in [0.05, 0.1) is 6.54 Å². The number of aryl methyl sites for hydroxylation is 1. The third-order valence-corrected chi connectivity index (χ3v) is 5.42. The number of rotatable bonds is 3. The quantitative estimate of drug-likeness (QED) is 0.749. The Morgan fingerprint density at radius 2 is 1.86 bits per heavy atom. The molecule has 0 bridgehead atoms. The maximum Gasteiger partial charge on any atom is 0.329 e. The molecule has 3 heterocycles. The third kappa shape index (κ3) is 3.12. The van der Waals surface area contributed by atoms with E-state index in [0.29, 0.717) is 29.0 Å². The Balaban J connectivity index is 1.94.